The molecule has 5 heteroatoms. The second kappa shape index (κ2) is 6.65. The van der Waals surface area contributed by atoms with E-state index in [1.54, 1.807) is 24.3 Å². The third kappa shape index (κ3) is 3.44. The molecule has 2 aromatic carbocycles. The van der Waals surface area contributed by atoms with Gasteiger partial charge in [0, 0.05) is 17.3 Å². The van der Waals surface area contributed by atoms with E-state index in [0.717, 1.165) is 11.1 Å². The van der Waals surface area contributed by atoms with E-state index < -0.39 is 5.41 Å². The van der Waals surface area contributed by atoms with Gasteiger partial charge in [-0.1, -0.05) is 41.9 Å². The van der Waals surface area contributed by atoms with Gasteiger partial charge in [0.25, 0.3) is 0 Å². The van der Waals surface area contributed by atoms with E-state index >= 15 is 0 Å². The number of carbonyl (C=O) groups is 2. The van der Waals surface area contributed by atoms with Crippen LogP contribution in [-0.4, -0.2) is 11.8 Å². The molecule has 1 fully saturated rings. The minimum absolute atomic E-state index is 0.217. The van der Waals surface area contributed by atoms with Gasteiger partial charge in [0.2, 0.25) is 11.8 Å². The molecule has 1 aliphatic rings. The highest BCUT2D eigenvalue weighted by molar-refractivity contribution is 6.31. The second-order valence-corrected chi connectivity index (χ2v) is 6.59. The molecule has 0 atom stereocenters. The van der Waals surface area contributed by atoms with Crippen LogP contribution in [0.5, 0.6) is 0 Å². The van der Waals surface area contributed by atoms with Crippen LogP contribution in [0.15, 0.2) is 48.5 Å². The Morgan fingerprint density at radius 1 is 1.08 bits per heavy atom. The van der Waals surface area contributed by atoms with Gasteiger partial charge in [-0.3, -0.25) is 9.59 Å². The first-order valence-electron chi connectivity index (χ1n) is 7.91. The van der Waals surface area contributed by atoms with Gasteiger partial charge >= 0.3 is 0 Å². The zero-order valence-electron chi connectivity index (χ0n) is 13.4. The maximum absolute atomic E-state index is 12.5. The lowest BCUT2D eigenvalue weighted by atomic mass is 10.0. The summed E-state index contributed by atoms with van der Waals surface area (Å²) in [5.74, 6) is -0.489. The number of amides is 2. The average Bonchev–Trinajstić information content (AvgIpc) is 3.36. The molecule has 2 N–H and O–H groups in total. The smallest absolute Gasteiger partial charge is 0.240 e. The normalized spacial score (nSPS) is 14.8. The summed E-state index contributed by atoms with van der Waals surface area (Å²) in [4.78, 5) is 25.0. The Labute approximate surface area is 146 Å². The molecular formula is C19H19ClN2O2. The number of carbonyl (C=O) groups excluding carboxylic acids is 2. The molecule has 0 aliphatic heterocycles. The van der Waals surface area contributed by atoms with Crippen LogP contribution < -0.4 is 10.6 Å². The van der Waals surface area contributed by atoms with Gasteiger partial charge in [-0.2, -0.15) is 0 Å². The summed E-state index contributed by atoms with van der Waals surface area (Å²) >= 11 is 5.92. The Hall–Kier alpha value is -2.33. The molecule has 0 bridgehead atoms. The highest BCUT2D eigenvalue weighted by atomic mass is 35.5. The maximum Gasteiger partial charge on any atom is 0.240 e. The molecule has 0 saturated heterocycles. The van der Waals surface area contributed by atoms with Gasteiger partial charge in [0.1, 0.15) is 5.41 Å². The van der Waals surface area contributed by atoms with Crippen LogP contribution in [0.4, 0.5) is 5.69 Å². The molecule has 0 radical (unpaired) electrons. The van der Waals surface area contributed by atoms with Gasteiger partial charge in [0.15, 0.2) is 0 Å². The van der Waals surface area contributed by atoms with Gasteiger partial charge in [-0.25, -0.2) is 0 Å². The standard InChI is InChI=1S/C19H19ClN2O2/c1-13-5-2-3-6-14(13)12-21-17(23)19(9-10-19)18(24)22-16-8-4-7-15(20)11-16/h2-8,11H,9-10,12H2,1H3,(H,21,23)(H,22,24). The van der Waals surface area contributed by atoms with Crippen LogP contribution >= 0.6 is 11.6 Å². The van der Waals surface area contributed by atoms with Crippen LogP contribution in [-0.2, 0) is 16.1 Å². The summed E-state index contributed by atoms with van der Waals surface area (Å²) < 4.78 is 0. The largest absolute Gasteiger partial charge is 0.351 e. The molecule has 0 heterocycles. The predicted molar refractivity (Wildman–Crippen MR) is 94.8 cm³/mol. The van der Waals surface area contributed by atoms with Crippen LogP contribution in [0.2, 0.25) is 5.02 Å². The number of hydrogen-bond acceptors (Lipinski definition) is 2. The average molecular weight is 343 g/mol. The molecule has 0 aromatic heterocycles. The zero-order chi connectivity index (χ0) is 17.2. The molecule has 124 valence electrons. The van der Waals surface area contributed by atoms with E-state index in [9.17, 15) is 9.59 Å². The summed E-state index contributed by atoms with van der Waals surface area (Å²) in [6.45, 7) is 2.43. The van der Waals surface area contributed by atoms with Crippen LogP contribution in [0, 0.1) is 12.3 Å². The Kier molecular flexibility index (Phi) is 4.58. The van der Waals surface area contributed by atoms with Crippen molar-refractivity contribution in [2.24, 2.45) is 5.41 Å². The Bertz CT molecular complexity index is 784. The van der Waals surface area contributed by atoms with Crippen molar-refractivity contribution in [2.75, 3.05) is 5.32 Å². The number of benzene rings is 2. The molecular weight excluding hydrogens is 324 g/mol. The Balaban J connectivity index is 1.63. The van der Waals surface area contributed by atoms with Crippen molar-refractivity contribution in [3.8, 4) is 0 Å². The molecule has 3 rings (SSSR count). The minimum atomic E-state index is -0.953. The van der Waals surface area contributed by atoms with E-state index in [1.807, 2.05) is 31.2 Å². The highest BCUT2D eigenvalue weighted by Crippen LogP contribution is 2.47. The van der Waals surface area contributed by atoms with E-state index in [4.69, 9.17) is 11.6 Å². The topological polar surface area (TPSA) is 58.2 Å². The van der Waals surface area contributed by atoms with Crippen molar-refractivity contribution in [3.05, 3.63) is 64.7 Å². The minimum Gasteiger partial charge on any atom is -0.351 e. The Morgan fingerprint density at radius 2 is 1.83 bits per heavy atom. The zero-order valence-corrected chi connectivity index (χ0v) is 14.2. The van der Waals surface area contributed by atoms with Gasteiger partial charge in [-0.15, -0.1) is 0 Å². The van der Waals surface area contributed by atoms with E-state index in [2.05, 4.69) is 10.6 Å². The van der Waals surface area contributed by atoms with Crippen molar-refractivity contribution >= 4 is 29.1 Å². The van der Waals surface area contributed by atoms with Crippen LogP contribution in [0.25, 0.3) is 0 Å². The molecule has 2 aromatic rings. The third-order valence-corrected chi connectivity index (χ3v) is 4.64. The summed E-state index contributed by atoms with van der Waals surface area (Å²) in [6.07, 6.45) is 1.14. The summed E-state index contributed by atoms with van der Waals surface area (Å²) in [6, 6.07) is 14.8. The number of hydrogen-bond donors (Lipinski definition) is 2. The third-order valence-electron chi connectivity index (χ3n) is 4.40. The summed E-state index contributed by atoms with van der Waals surface area (Å²) in [7, 11) is 0. The lowest BCUT2D eigenvalue weighted by Gasteiger charge is -2.16. The monoisotopic (exact) mass is 342 g/mol. The van der Waals surface area contributed by atoms with E-state index in [0.29, 0.717) is 30.1 Å². The van der Waals surface area contributed by atoms with E-state index in [-0.39, 0.29) is 11.8 Å². The number of halogens is 1. The molecule has 1 saturated carbocycles. The fourth-order valence-electron chi connectivity index (χ4n) is 2.65. The van der Waals surface area contributed by atoms with Crippen molar-refractivity contribution < 1.29 is 9.59 Å². The molecule has 0 spiro atoms. The summed E-state index contributed by atoms with van der Waals surface area (Å²) in [5, 5.41) is 6.23. The number of anilines is 1. The second-order valence-electron chi connectivity index (χ2n) is 6.16. The predicted octanol–water partition coefficient (Wildman–Crippen LogP) is 3.68. The van der Waals surface area contributed by atoms with E-state index in [1.165, 1.54) is 0 Å². The van der Waals surface area contributed by atoms with Gasteiger partial charge < -0.3 is 10.6 Å². The molecule has 4 nitrogen and oxygen atoms in total. The molecule has 24 heavy (non-hydrogen) atoms. The van der Waals surface area contributed by atoms with Crippen LogP contribution in [0.3, 0.4) is 0 Å². The first kappa shape index (κ1) is 16.5. The Morgan fingerprint density at radius 3 is 2.50 bits per heavy atom. The SMILES string of the molecule is Cc1ccccc1CNC(=O)C1(C(=O)Nc2cccc(Cl)c2)CC1. The number of nitrogens with one attached hydrogen (secondary N) is 2. The van der Waals surface area contributed by atoms with Crippen molar-refractivity contribution in [2.45, 2.75) is 26.3 Å². The quantitative estimate of drug-likeness (QED) is 0.814. The van der Waals surface area contributed by atoms with Crippen molar-refractivity contribution in [1.29, 1.82) is 0 Å². The van der Waals surface area contributed by atoms with Crippen molar-refractivity contribution in [1.82, 2.24) is 5.32 Å². The first-order valence-corrected chi connectivity index (χ1v) is 8.29. The van der Waals surface area contributed by atoms with Crippen molar-refractivity contribution in [3.63, 3.8) is 0 Å². The fraction of sp³-hybridized carbons (Fsp3) is 0.263. The van der Waals surface area contributed by atoms with Gasteiger partial charge in [0.05, 0.1) is 0 Å². The lowest BCUT2D eigenvalue weighted by molar-refractivity contribution is -0.134. The highest BCUT2D eigenvalue weighted by Gasteiger charge is 2.56. The van der Waals surface area contributed by atoms with Crippen LogP contribution in [0.1, 0.15) is 24.0 Å². The molecule has 1 aliphatic carbocycles. The molecule has 0 unspecified atom stereocenters. The summed E-state index contributed by atoms with van der Waals surface area (Å²) in [5.41, 5.74) is 1.82. The number of aryl methyl sites for hydroxylation is 1. The number of rotatable bonds is 5. The fourth-order valence-corrected chi connectivity index (χ4v) is 2.84. The lowest BCUT2D eigenvalue weighted by Crippen LogP contribution is -2.39. The van der Waals surface area contributed by atoms with Gasteiger partial charge in [-0.05, 0) is 49.1 Å². The first-order chi connectivity index (χ1) is 11.5. The molecule has 2 amide bonds. The maximum atomic E-state index is 12.5.